The van der Waals surface area contributed by atoms with E-state index in [4.69, 9.17) is 5.73 Å². The molecular weight excluding hydrogens is 351 g/mol. The Labute approximate surface area is 124 Å². The van der Waals surface area contributed by atoms with Crippen molar-refractivity contribution in [3.63, 3.8) is 0 Å². The van der Waals surface area contributed by atoms with Gasteiger partial charge >= 0.3 is 0 Å². The molecule has 0 aliphatic heterocycles. The van der Waals surface area contributed by atoms with Gasteiger partial charge in [-0.05, 0) is 41.1 Å². The molecule has 0 saturated carbocycles. The molecule has 20 heavy (non-hydrogen) atoms. The number of hydrogen-bond donors (Lipinski definition) is 2. The number of aromatic nitrogens is 2. The molecule has 0 aliphatic rings. The molecule has 6 nitrogen and oxygen atoms in total. The zero-order valence-electron chi connectivity index (χ0n) is 10.5. The highest BCUT2D eigenvalue weighted by molar-refractivity contribution is 9.10. The second kappa shape index (κ2) is 5.41. The van der Waals surface area contributed by atoms with Crippen LogP contribution < -0.4 is 10.5 Å². The lowest BCUT2D eigenvalue weighted by atomic mass is 10.3. The number of halogens is 2. The van der Waals surface area contributed by atoms with E-state index in [1.54, 1.807) is 0 Å². The quantitative estimate of drug-likeness (QED) is 0.871. The van der Waals surface area contributed by atoms with Crippen molar-refractivity contribution < 1.29 is 12.8 Å². The van der Waals surface area contributed by atoms with Crippen molar-refractivity contribution in [1.29, 1.82) is 0 Å². The van der Waals surface area contributed by atoms with Gasteiger partial charge in [0.05, 0.1) is 5.69 Å². The van der Waals surface area contributed by atoms with Crippen LogP contribution in [0, 0.1) is 5.82 Å². The number of nitrogen functional groups attached to an aromatic ring is 1. The van der Waals surface area contributed by atoms with Crippen LogP contribution in [0.15, 0.2) is 33.8 Å². The minimum Gasteiger partial charge on any atom is -0.381 e. The molecule has 1 aromatic heterocycles. The second-order valence-corrected chi connectivity index (χ2v) is 6.47. The maximum atomic E-state index is 13.0. The molecule has 0 fully saturated rings. The van der Waals surface area contributed by atoms with Gasteiger partial charge in [-0.2, -0.15) is 5.10 Å². The molecule has 1 aromatic carbocycles. The van der Waals surface area contributed by atoms with Crippen LogP contribution >= 0.6 is 15.9 Å². The van der Waals surface area contributed by atoms with Crippen molar-refractivity contribution in [1.82, 2.24) is 9.78 Å². The van der Waals surface area contributed by atoms with Crippen LogP contribution in [0.4, 0.5) is 15.9 Å². The average molecular weight is 363 g/mol. The van der Waals surface area contributed by atoms with Gasteiger partial charge in [0.2, 0.25) is 0 Å². The number of benzene rings is 1. The molecule has 9 heteroatoms. The van der Waals surface area contributed by atoms with Gasteiger partial charge in [0.15, 0.2) is 5.82 Å². The highest BCUT2D eigenvalue weighted by atomic mass is 79.9. The summed E-state index contributed by atoms with van der Waals surface area (Å²) >= 11 is 3.09. The Bertz CT molecular complexity index is 745. The molecule has 0 unspecified atom stereocenters. The average Bonchev–Trinajstić information content (AvgIpc) is 2.75. The highest BCUT2D eigenvalue weighted by Gasteiger charge is 2.22. The number of nitrogens with one attached hydrogen (secondary N) is 1. The number of hydrogen-bond acceptors (Lipinski definition) is 4. The van der Waals surface area contributed by atoms with Gasteiger partial charge < -0.3 is 5.73 Å². The first-order valence-corrected chi connectivity index (χ1v) is 7.92. The van der Waals surface area contributed by atoms with E-state index in [-0.39, 0.29) is 16.4 Å². The first-order chi connectivity index (χ1) is 9.33. The molecule has 108 valence electrons. The normalized spacial score (nSPS) is 11.6. The molecule has 1 heterocycles. The summed E-state index contributed by atoms with van der Waals surface area (Å²) in [7, 11) is -3.88. The minimum atomic E-state index is -3.88. The van der Waals surface area contributed by atoms with E-state index < -0.39 is 15.8 Å². The van der Waals surface area contributed by atoms with Crippen LogP contribution in [0.2, 0.25) is 0 Å². The molecule has 2 rings (SSSR count). The fraction of sp³-hybridized carbons (Fsp3) is 0.182. The van der Waals surface area contributed by atoms with E-state index in [2.05, 4.69) is 25.8 Å². The van der Waals surface area contributed by atoms with Crippen molar-refractivity contribution in [3.05, 3.63) is 34.7 Å². The number of rotatable bonds is 4. The van der Waals surface area contributed by atoms with E-state index in [1.807, 2.05) is 6.92 Å². The number of nitrogens with zero attached hydrogens (tertiary/aromatic N) is 2. The summed E-state index contributed by atoms with van der Waals surface area (Å²) in [6.07, 6.45) is 1.34. The van der Waals surface area contributed by atoms with Crippen molar-refractivity contribution in [2.45, 2.75) is 18.4 Å². The zero-order chi connectivity index (χ0) is 14.9. The topological polar surface area (TPSA) is 90.0 Å². The maximum absolute atomic E-state index is 13.0. The van der Waals surface area contributed by atoms with Gasteiger partial charge in [0, 0.05) is 17.2 Å². The van der Waals surface area contributed by atoms with E-state index in [9.17, 15) is 12.8 Å². The Morgan fingerprint density at radius 1 is 1.50 bits per heavy atom. The van der Waals surface area contributed by atoms with Crippen LogP contribution in [-0.2, 0) is 16.6 Å². The van der Waals surface area contributed by atoms with Crippen LogP contribution in [0.25, 0.3) is 0 Å². The molecule has 3 N–H and O–H groups in total. The second-order valence-electron chi connectivity index (χ2n) is 3.96. The first-order valence-electron chi connectivity index (χ1n) is 5.64. The number of anilines is 2. The monoisotopic (exact) mass is 362 g/mol. The Morgan fingerprint density at radius 3 is 2.75 bits per heavy atom. The summed E-state index contributed by atoms with van der Waals surface area (Å²) in [6.45, 7) is 2.31. The van der Waals surface area contributed by atoms with E-state index >= 15 is 0 Å². The van der Waals surface area contributed by atoms with Gasteiger partial charge in [0.25, 0.3) is 10.0 Å². The summed E-state index contributed by atoms with van der Waals surface area (Å²) < 4.78 is 41.5. The third-order valence-electron chi connectivity index (χ3n) is 2.54. The molecule has 0 spiro atoms. The Kier molecular flexibility index (Phi) is 4.00. The number of nitrogens with two attached hydrogens (primary N) is 1. The summed E-state index contributed by atoms with van der Waals surface area (Å²) in [5, 5.41) is 3.88. The van der Waals surface area contributed by atoms with E-state index in [0.29, 0.717) is 11.0 Å². The molecule has 0 atom stereocenters. The van der Waals surface area contributed by atoms with E-state index in [1.165, 1.54) is 16.9 Å². The molecule has 0 bridgehead atoms. The van der Waals surface area contributed by atoms with Gasteiger partial charge in [-0.1, -0.05) is 0 Å². The molecule has 0 aliphatic carbocycles. The van der Waals surface area contributed by atoms with Gasteiger partial charge in [-0.3, -0.25) is 9.40 Å². The Morgan fingerprint density at radius 2 is 2.20 bits per heavy atom. The lowest BCUT2D eigenvalue weighted by molar-refractivity contribution is 0.600. The molecule has 0 radical (unpaired) electrons. The van der Waals surface area contributed by atoms with Crippen molar-refractivity contribution in [2.75, 3.05) is 10.5 Å². The standard InChI is InChI=1S/C11H12BrFN4O2S/c1-2-17-6-10(11(14)15-17)20(18,19)16-9-4-3-7(13)5-8(9)12/h3-6,16H,2H2,1H3,(H2,14,15). The Balaban J connectivity index is 2.38. The van der Waals surface area contributed by atoms with E-state index in [0.717, 1.165) is 12.1 Å². The minimum absolute atomic E-state index is 0.0856. The van der Waals surface area contributed by atoms with Gasteiger partial charge in [-0.25, -0.2) is 12.8 Å². The van der Waals surface area contributed by atoms with Crippen LogP contribution in [0.5, 0.6) is 0 Å². The van der Waals surface area contributed by atoms with Crippen LogP contribution in [0.3, 0.4) is 0 Å². The van der Waals surface area contributed by atoms with Crippen LogP contribution in [-0.4, -0.2) is 18.2 Å². The molecule has 0 saturated heterocycles. The zero-order valence-corrected chi connectivity index (χ0v) is 12.9. The largest absolute Gasteiger partial charge is 0.381 e. The van der Waals surface area contributed by atoms with Crippen molar-refractivity contribution in [3.8, 4) is 0 Å². The highest BCUT2D eigenvalue weighted by Crippen LogP contribution is 2.27. The molecular formula is C11H12BrFN4O2S. The fourth-order valence-corrected chi connectivity index (χ4v) is 3.29. The fourth-order valence-electron chi connectivity index (χ4n) is 1.56. The Hall–Kier alpha value is -1.61. The van der Waals surface area contributed by atoms with Crippen molar-refractivity contribution >= 4 is 37.5 Å². The summed E-state index contributed by atoms with van der Waals surface area (Å²) in [4.78, 5) is -0.115. The number of sulfonamides is 1. The summed E-state index contributed by atoms with van der Waals surface area (Å²) in [5.74, 6) is -0.560. The first kappa shape index (κ1) is 14.8. The number of aryl methyl sites for hydroxylation is 1. The summed E-state index contributed by atoms with van der Waals surface area (Å²) in [5.41, 5.74) is 5.81. The molecule has 2 aromatic rings. The third kappa shape index (κ3) is 2.93. The maximum Gasteiger partial charge on any atom is 0.267 e. The SMILES string of the molecule is CCn1cc(S(=O)(=O)Nc2ccc(F)cc2Br)c(N)n1. The lowest BCUT2D eigenvalue weighted by Gasteiger charge is -2.08. The predicted octanol–water partition coefficient (Wildman–Crippen LogP) is 2.19. The smallest absolute Gasteiger partial charge is 0.267 e. The lowest BCUT2D eigenvalue weighted by Crippen LogP contribution is -2.14. The van der Waals surface area contributed by atoms with Gasteiger partial charge in [0.1, 0.15) is 10.7 Å². The van der Waals surface area contributed by atoms with Crippen molar-refractivity contribution in [2.24, 2.45) is 0 Å². The van der Waals surface area contributed by atoms with Crippen LogP contribution in [0.1, 0.15) is 6.92 Å². The summed E-state index contributed by atoms with van der Waals surface area (Å²) in [6, 6.07) is 3.63. The molecule has 0 amide bonds. The van der Waals surface area contributed by atoms with Gasteiger partial charge in [-0.15, -0.1) is 0 Å². The third-order valence-corrected chi connectivity index (χ3v) is 4.58. The predicted molar refractivity (Wildman–Crippen MR) is 77.2 cm³/mol.